The Bertz CT molecular complexity index is 312. The zero-order valence-corrected chi connectivity index (χ0v) is 6.20. The van der Waals surface area contributed by atoms with Crippen molar-refractivity contribution >= 4 is 17.3 Å². The summed E-state index contributed by atoms with van der Waals surface area (Å²) in [6.07, 6.45) is -1.87. The second kappa shape index (κ2) is 2.53. The predicted octanol–water partition coefficient (Wildman–Crippen LogP) is -1.10. The highest BCUT2D eigenvalue weighted by Crippen LogP contribution is 2.14. The van der Waals surface area contributed by atoms with Gasteiger partial charge in [0.05, 0.1) is 0 Å². The van der Waals surface area contributed by atoms with Crippen molar-refractivity contribution in [1.29, 1.82) is 0 Å². The second-order valence-corrected chi connectivity index (χ2v) is 2.44. The molecule has 5 heteroatoms. The normalized spacial score (nSPS) is 25.2. The number of rotatable bonds is 0. The molecule has 0 aromatic heterocycles. The van der Waals surface area contributed by atoms with Crippen LogP contribution in [0.4, 0.5) is 0 Å². The Labute approximate surface area is 67.3 Å². The third-order valence-corrected chi connectivity index (χ3v) is 1.66. The van der Waals surface area contributed by atoms with E-state index in [0.717, 1.165) is 0 Å². The van der Waals surface area contributed by atoms with Gasteiger partial charge in [-0.3, -0.25) is 14.4 Å². The highest BCUT2D eigenvalue weighted by Gasteiger charge is 2.39. The number of carbonyl (C=O) groups is 3. The van der Waals surface area contributed by atoms with Crippen LogP contribution in [0.5, 0.6) is 0 Å². The first-order chi connectivity index (χ1) is 5.46. The van der Waals surface area contributed by atoms with E-state index in [2.05, 4.69) is 0 Å². The molecular weight excluding hydrogens is 164 g/mol. The van der Waals surface area contributed by atoms with E-state index in [9.17, 15) is 14.4 Å². The van der Waals surface area contributed by atoms with E-state index in [1.54, 1.807) is 0 Å². The maximum absolute atomic E-state index is 10.8. The lowest BCUT2D eigenvalue weighted by Crippen LogP contribution is -2.40. The summed E-state index contributed by atoms with van der Waals surface area (Å²) in [5.74, 6) is -4.34. The van der Waals surface area contributed by atoms with Gasteiger partial charge in [-0.05, 0) is 6.92 Å². The minimum absolute atomic E-state index is 0.271. The number of carbonyl (C=O) groups excluding carboxylic acids is 3. The number of allylic oxidation sites excluding steroid dienone is 1. The van der Waals surface area contributed by atoms with Gasteiger partial charge in [-0.1, -0.05) is 0 Å². The Hall–Kier alpha value is -1.49. The minimum Gasteiger partial charge on any atom is -0.509 e. The van der Waals surface area contributed by atoms with Gasteiger partial charge in [-0.15, -0.1) is 0 Å². The van der Waals surface area contributed by atoms with Crippen LogP contribution >= 0.6 is 0 Å². The van der Waals surface area contributed by atoms with Gasteiger partial charge in [0.25, 0.3) is 5.78 Å². The van der Waals surface area contributed by atoms with E-state index in [1.807, 2.05) is 0 Å². The van der Waals surface area contributed by atoms with Crippen LogP contribution in [0.2, 0.25) is 0 Å². The smallest absolute Gasteiger partial charge is 0.272 e. The Kier molecular flexibility index (Phi) is 1.81. The third kappa shape index (κ3) is 0.947. The largest absolute Gasteiger partial charge is 0.509 e. The first kappa shape index (κ1) is 8.61. The topological polar surface area (TPSA) is 91.7 Å². The van der Waals surface area contributed by atoms with E-state index in [1.165, 1.54) is 6.92 Å². The summed E-state index contributed by atoms with van der Waals surface area (Å²) < 4.78 is 0. The number of Topliss-reactive ketones (excluding diaryl/α,β-unsaturated/α-hetero) is 3. The first-order valence-electron chi connectivity index (χ1n) is 3.17. The molecule has 0 saturated carbocycles. The molecule has 0 spiro atoms. The summed E-state index contributed by atoms with van der Waals surface area (Å²) in [4.78, 5) is 32.2. The fourth-order valence-electron chi connectivity index (χ4n) is 0.852. The van der Waals surface area contributed by atoms with Crippen LogP contribution in [0.25, 0.3) is 0 Å². The molecule has 0 saturated heterocycles. The van der Waals surface area contributed by atoms with Crippen LogP contribution < -0.4 is 0 Å². The molecule has 0 bridgehead atoms. The van der Waals surface area contributed by atoms with Crippen molar-refractivity contribution in [2.24, 2.45) is 0 Å². The van der Waals surface area contributed by atoms with Crippen LogP contribution in [0, 0.1) is 0 Å². The minimum atomic E-state index is -1.87. The van der Waals surface area contributed by atoms with Gasteiger partial charge in [-0.2, -0.15) is 0 Å². The average Bonchev–Trinajstić information content (AvgIpc) is 2.08. The van der Waals surface area contributed by atoms with Crippen LogP contribution in [0.1, 0.15) is 6.92 Å². The molecule has 5 nitrogen and oxygen atoms in total. The molecule has 1 aliphatic rings. The highest BCUT2D eigenvalue weighted by molar-refractivity contribution is 6.69. The molecule has 0 amide bonds. The molecule has 1 aliphatic carbocycles. The molecule has 0 aliphatic heterocycles. The number of hydrogen-bond acceptors (Lipinski definition) is 5. The number of aliphatic hydroxyl groups excluding tert-OH is 2. The quantitative estimate of drug-likeness (QED) is 0.450. The summed E-state index contributed by atoms with van der Waals surface area (Å²) in [6, 6.07) is 0. The molecule has 1 unspecified atom stereocenters. The Morgan fingerprint density at radius 1 is 1.17 bits per heavy atom. The lowest BCUT2D eigenvalue weighted by Gasteiger charge is -2.14. The van der Waals surface area contributed by atoms with Gasteiger partial charge in [-0.25, -0.2) is 0 Å². The fraction of sp³-hybridized carbons (Fsp3) is 0.286. The van der Waals surface area contributed by atoms with Crippen molar-refractivity contribution in [2.75, 3.05) is 0 Å². The number of hydrogen-bond donors (Lipinski definition) is 2. The third-order valence-electron chi connectivity index (χ3n) is 1.66. The van der Waals surface area contributed by atoms with Gasteiger partial charge < -0.3 is 10.2 Å². The predicted molar refractivity (Wildman–Crippen MR) is 36.4 cm³/mol. The van der Waals surface area contributed by atoms with Crippen molar-refractivity contribution in [3.63, 3.8) is 0 Å². The van der Waals surface area contributed by atoms with E-state index in [0.29, 0.717) is 0 Å². The SMILES string of the molecule is CC1=C(O)C(O)C(=O)C(=O)C1=O. The summed E-state index contributed by atoms with van der Waals surface area (Å²) in [6.45, 7) is 1.17. The molecule has 0 fully saturated rings. The summed E-state index contributed by atoms with van der Waals surface area (Å²) >= 11 is 0. The molecule has 0 radical (unpaired) electrons. The fourth-order valence-corrected chi connectivity index (χ4v) is 0.852. The Balaban J connectivity index is 3.26. The van der Waals surface area contributed by atoms with Gasteiger partial charge >= 0.3 is 0 Å². The Morgan fingerprint density at radius 3 is 2.17 bits per heavy atom. The summed E-state index contributed by atoms with van der Waals surface area (Å²) in [5.41, 5.74) is -0.271. The summed E-state index contributed by atoms with van der Waals surface area (Å²) in [7, 11) is 0. The van der Waals surface area contributed by atoms with Crippen LogP contribution in [-0.4, -0.2) is 33.7 Å². The average molecular weight is 170 g/mol. The van der Waals surface area contributed by atoms with Crippen LogP contribution in [0.3, 0.4) is 0 Å². The zero-order valence-electron chi connectivity index (χ0n) is 6.20. The number of aliphatic hydroxyl groups is 2. The molecule has 12 heavy (non-hydrogen) atoms. The Morgan fingerprint density at radius 2 is 1.67 bits per heavy atom. The molecule has 1 atom stereocenters. The van der Waals surface area contributed by atoms with E-state index >= 15 is 0 Å². The lowest BCUT2D eigenvalue weighted by molar-refractivity contribution is -0.147. The first-order valence-corrected chi connectivity index (χ1v) is 3.17. The highest BCUT2D eigenvalue weighted by atomic mass is 16.3. The molecule has 64 valence electrons. The van der Waals surface area contributed by atoms with Crippen molar-refractivity contribution in [1.82, 2.24) is 0 Å². The standard InChI is InChI=1S/C7H6O5/c1-2-3(8)5(10)7(12)6(11)4(2)9/h5,8,10H,1H3. The molecule has 1 rings (SSSR count). The van der Waals surface area contributed by atoms with Crippen LogP contribution in [0.15, 0.2) is 11.3 Å². The van der Waals surface area contributed by atoms with Crippen molar-refractivity contribution < 1.29 is 24.6 Å². The molecule has 0 aromatic rings. The lowest BCUT2D eigenvalue weighted by atomic mass is 9.93. The number of ketones is 3. The molecule has 0 heterocycles. The van der Waals surface area contributed by atoms with Crippen molar-refractivity contribution in [3.8, 4) is 0 Å². The van der Waals surface area contributed by atoms with Gasteiger partial charge in [0.2, 0.25) is 11.6 Å². The second-order valence-electron chi connectivity index (χ2n) is 2.44. The van der Waals surface area contributed by atoms with Crippen LogP contribution in [-0.2, 0) is 14.4 Å². The van der Waals surface area contributed by atoms with Gasteiger partial charge in [0.15, 0.2) is 6.10 Å². The molecule has 0 aromatic carbocycles. The van der Waals surface area contributed by atoms with E-state index in [-0.39, 0.29) is 5.57 Å². The molecule has 2 N–H and O–H groups in total. The van der Waals surface area contributed by atoms with Gasteiger partial charge in [0.1, 0.15) is 5.76 Å². The monoisotopic (exact) mass is 170 g/mol. The zero-order chi connectivity index (χ0) is 9.46. The van der Waals surface area contributed by atoms with E-state index in [4.69, 9.17) is 10.2 Å². The summed E-state index contributed by atoms with van der Waals surface area (Å²) in [5, 5.41) is 17.8. The maximum Gasteiger partial charge on any atom is 0.272 e. The van der Waals surface area contributed by atoms with Crippen molar-refractivity contribution in [3.05, 3.63) is 11.3 Å². The molecular formula is C7H6O5. The van der Waals surface area contributed by atoms with E-state index < -0.39 is 29.2 Å². The van der Waals surface area contributed by atoms with Crippen molar-refractivity contribution in [2.45, 2.75) is 13.0 Å². The maximum atomic E-state index is 10.8. The van der Waals surface area contributed by atoms with Gasteiger partial charge in [0, 0.05) is 5.57 Å².